The molecule has 180 valence electrons. The highest BCUT2D eigenvalue weighted by Crippen LogP contribution is 2.36. The van der Waals surface area contributed by atoms with Crippen LogP contribution in [-0.4, -0.2) is 69.3 Å². The van der Waals surface area contributed by atoms with E-state index >= 15 is 0 Å². The SMILES string of the molecule is NC1CCC(NC(=O)C2CC(N(C(=O)c3cccs3)C3CC3)CN2C(=O)c2cccnc2)CC1. The van der Waals surface area contributed by atoms with Crippen LogP contribution in [0.2, 0.25) is 0 Å². The molecule has 5 rings (SSSR count). The van der Waals surface area contributed by atoms with E-state index in [2.05, 4.69) is 10.3 Å². The molecule has 3 heterocycles. The van der Waals surface area contributed by atoms with Gasteiger partial charge in [-0.05, 0) is 68.5 Å². The van der Waals surface area contributed by atoms with Crippen molar-refractivity contribution in [3.63, 3.8) is 0 Å². The van der Waals surface area contributed by atoms with Crippen LogP contribution in [0, 0.1) is 0 Å². The molecule has 9 heteroatoms. The summed E-state index contributed by atoms with van der Waals surface area (Å²) in [6.45, 7) is 0.342. The minimum absolute atomic E-state index is 0.00129. The highest BCUT2D eigenvalue weighted by Gasteiger charge is 2.47. The van der Waals surface area contributed by atoms with Crippen LogP contribution in [0.15, 0.2) is 42.0 Å². The number of carbonyl (C=O) groups is 3. The Kier molecular flexibility index (Phi) is 6.65. The molecule has 2 aliphatic carbocycles. The van der Waals surface area contributed by atoms with Crippen molar-refractivity contribution in [2.24, 2.45) is 5.73 Å². The van der Waals surface area contributed by atoms with Crippen LogP contribution < -0.4 is 11.1 Å². The number of pyridine rings is 1. The maximum atomic E-state index is 13.4. The zero-order valence-corrected chi connectivity index (χ0v) is 20.0. The van der Waals surface area contributed by atoms with Crippen molar-refractivity contribution in [1.82, 2.24) is 20.1 Å². The van der Waals surface area contributed by atoms with Crippen molar-refractivity contribution in [3.8, 4) is 0 Å². The smallest absolute Gasteiger partial charge is 0.264 e. The topological polar surface area (TPSA) is 109 Å². The fraction of sp³-hybridized carbons (Fsp3) is 0.520. The molecule has 3 N–H and O–H groups in total. The van der Waals surface area contributed by atoms with Gasteiger partial charge in [-0.1, -0.05) is 6.07 Å². The number of thiophene rings is 1. The predicted octanol–water partition coefficient (Wildman–Crippen LogP) is 2.42. The molecule has 1 saturated heterocycles. The Bertz CT molecular complexity index is 1020. The van der Waals surface area contributed by atoms with Gasteiger partial charge in [0.25, 0.3) is 11.8 Å². The average Bonchev–Trinajstić information content (AvgIpc) is 3.34. The lowest BCUT2D eigenvalue weighted by atomic mass is 9.91. The summed E-state index contributed by atoms with van der Waals surface area (Å²) in [4.78, 5) is 48.6. The maximum absolute atomic E-state index is 13.4. The minimum Gasteiger partial charge on any atom is -0.352 e. The maximum Gasteiger partial charge on any atom is 0.264 e. The average molecular weight is 482 g/mol. The number of hydrogen-bond donors (Lipinski definition) is 2. The van der Waals surface area contributed by atoms with Crippen LogP contribution >= 0.6 is 11.3 Å². The molecule has 3 amide bonds. The van der Waals surface area contributed by atoms with Gasteiger partial charge in [-0.15, -0.1) is 11.3 Å². The van der Waals surface area contributed by atoms with Gasteiger partial charge in [0.05, 0.1) is 16.5 Å². The Morgan fingerprint density at radius 2 is 1.85 bits per heavy atom. The molecule has 2 unspecified atom stereocenters. The van der Waals surface area contributed by atoms with Gasteiger partial charge in [0.15, 0.2) is 0 Å². The molecule has 0 bridgehead atoms. The molecule has 2 aromatic rings. The molecule has 2 saturated carbocycles. The number of amides is 3. The van der Waals surface area contributed by atoms with Crippen LogP contribution in [0.1, 0.15) is 65.0 Å². The zero-order chi connectivity index (χ0) is 23.7. The van der Waals surface area contributed by atoms with Gasteiger partial charge >= 0.3 is 0 Å². The summed E-state index contributed by atoms with van der Waals surface area (Å²) in [6.07, 6.45) is 9.00. The van der Waals surface area contributed by atoms with Crippen LogP contribution in [-0.2, 0) is 4.79 Å². The molecule has 34 heavy (non-hydrogen) atoms. The predicted molar refractivity (Wildman–Crippen MR) is 129 cm³/mol. The molecular formula is C25H31N5O3S. The monoisotopic (exact) mass is 481 g/mol. The van der Waals surface area contributed by atoms with Gasteiger partial charge in [0.1, 0.15) is 6.04 Å². The lowest BCUT2D eigenvalue weighted by molar-refractivity contribution is -0.125. The summed E-state index contributed by atoms with van der Waals surface area (Å²) in [5, 5.41) is 5.07. The summed E-state index contributed by atoms with van der Waals surface area (Å²) in [5.41, 5.74) is 6.47. The zero-order valence-electron chi connectivity index (χ0n) is 19.1. The van der Waals surface area contributed by atoms with Crippen molar-refractivity contribution >= 4 is 29.1 Å². The molecule has 3 aliphatic rings. The normalized spacial score (nSPS) is 26.8. The Labute approximate surface area is 203 Å². The van der Waals surface area contributed by atoms with Crippen molar-refractivity contribution in [2.75, 3.05) is 6.54 Å². The molecule has 8 nitrogen and oxygen atoms in total. The van der Waals surface area contributed by atoms with Crippen LogP contribution in [0.25, 0.3) is 0 Å². The summed E-state index contributed by atoms with van der Waals surface area (Å²) >= 11 is 1.43. The number of rotatable bonds is 6. The van der Waals surface area contributed by atoms with E-state index in [0.717, 1.165) is 38.5 Å². The fourth-order valence-electron chi connectivity index (χ4n) is 5.21. The van der Waals surface area contributed by atoms with Gasteiger partial charge < -0.3 is 20.9 Å². The highest BCUT2D eigenvalue weighted by molar-refractivity contribution is 7.12. The first-order valence-electron chi connectivity index (χ1n) is 12.1. The van der Waals surface area contributed by atoms with Gasteiger partial charge in [-0.2, -0.15) is 0 Å². The van der Waals surface area contributed by atoms with E-state index in [4.69, 9.17) is 5.73 Å². The van der Waals surface area contributed by atoms with Crippen molar-refractivity contribution in [2.45, 2.75) is 75.2 Å². The van der Waals surface area contributed by atoms with Gasteiger partial charge in [0, 0.05) is 37.1 Å². The number of hydrogen-bond acceptors (Lipinski definition) is 6. The quantitative estimate of drug-likeness (QED) is 0.659. The van der Waals surface area contributed by atoms with E-state index in [1.54, 1.807) is 23.2 Å². The lowest BCUT2D eigenvalue weighted by Gasteiger charge is -2.30. The molecule has 3 fully saturated rings. The number of nitrogens with zero attached hydrogens (tertiary/aromatic N) is 3. The Hall–Kier alpha value is -2.78. The van der Waals surface area contributed by atoms with Crippen LogP contribution in [0.4, 0.5) is 0 Å². The van der Waals surface area contributed by atoms with Crippen molar-refractivity contribution < 1.29 is 14.4 Å². The van der Waals surface area contributed by atoms with E-state index in [1.807, 2.05) is 22.4 Å². The van der Waals surface area contributed by atoms with Gasteiger partial charge in [-0.3, -0.25) is 19.4 Å². The molecule has 0 aromatic carbocycles. The third-order valence-corrected chi connectivity index (χ3v) is 8.03. The fourth-order valence-corrected chi connectivity index (χ4v) is 5.88. The first-order valence-corrected chi connectivity index (χ1v) is 13.0. The second-order valence-corrected chi connectivity index (χ2v) is 10.6. The summed E-state index contributed by atoms with van der Waals surface area (Å²) in [6, 6.07) is 6.79. The van der Waals surface area contributed by atoms with Crippen LogP contribution in [0.5, 0.6) is 0 Å². The number of nitrogens with two attached hydrogens (primary N) is 1. The minimum atomic E-state index is -0.620. The molecule has 2 atom stereocenters. The van der Waals surface area contributed by atoms with E-state index in [9.17, 15) is 14.4 Å². The third-order valence-electron chi connectivity index (χ3n) is 7.17. The van der Waals surface area contributed by atoms with E-state index in [1.165, 1.54) is 17.5 Å². The molecular weight excluding hydrogens is 450 g/mol. The third kappa shape index (κ3) is 4.86. The van der Waals surface area contributed by atoms with Crippen molar-refractivity contribution in [3.05, 3.63) is 52.5 Å². The second-order valence-electron chi connectivity index (χ2n) is 9.65. The Morgan fingerprint density at radius 1 is 1.06 bits per heavy atom. The second kappa shape index (κ2) is 9.84. The number of nitrogens with one attached hydrogen (secondary N) is 1. The molecule has 0 radical (unpaired) electrons. The standard InChI is InChI=1S/C25H31N5O3S/c26-17-5-7-18(8-6-17)28-23(31)21-13-20(15-29(21)24(32)16-3-1-11-27-14-16)30(19-9-10-19)25(33)22-4-2-12-34-22/h1-4,11-12,14,17-21H,5-10,13,15,26H2,(H,28,31). The first kappa shape index (κ1) is 23.0. The lowest BCUT2D eigenvalue weighted by Crippen LogP contribution is -2.50. The summed E-state index contributed by atoms with van der Waals surface area (Å²) in [7, 11) is 0. The van der Waals surface area contributed by atoms with Gasteiger partial charge in [0.2, 0.25) is 5.91 Å². The van der Waals surface area contributed by atoms with E-state index in [0.29, 0.717) is 23.4 Å². The largest absolute Gasteiger partial charge is 0.352 e. The number of aromatic nitrogens is 1. The number of carbonyl (C=O) groups excluding carboxylic acids is 3. The van der Waals surface area contributed by atoms with Crippen molar-refractivity contribution in [1.29, 1.82) is 0 Å². The Balaban J connectivity index is 1.37. The molecule has 0 spiro atoms. The van der Waals surface area contributed by atoms with Crippen LogP contribution in [0.3, 0.4) is 0 Å². The van der Waals surface area contributed by atoms with E-state index < -0.39 is 6.04 Å². The Morgan fingerprint density at radius 3 is 2.50 bits per heavy atom. The first-order chi connectivity index (χ1) is 16.5. The highest BCUT2D eigenvalue weighted by atomic mass is 32.1. The van der Waals surface area contributed by atoms with E-state index in [-0.39, 0.29) is 41.9 Å². The molecule has 2 aromatic heterocycles. The summed E-state index contributed by atoms with van der Waals surface area (Å²) < 4.78 is 0. The van der Waals surface area contributed by atoms with Gasteiger partial charge in [-0.25, -0.2) is 0 Å². The number of likely N-dealkylation sites (tertiary alicyclic amines) is 1. The molecule has 1 aliphatic heterocycles. The summed E-state index contributed by atoms with van der Waals surface area (Å²) in [5.74, 6) is -0.362.